The molecule has 0 nitrogen and oxygen atoms in total. The molecule has 0 heteroatoms. The van der Waals surface area contributed by atoms with Crippen LogP contribution in [0.1, 0.15) is 6.92 Å². The topological polar surface area (TPSA) is 0 Å². The molecule has 13 heavy (non-hydrogen) atoms. The zero-order chi connectivity index (χ0) is 9.78. The van der Waals surface area contributed by atoms with Crippen LogP contribution in [0.2, 0.25) is 0 Å². The highest BCUT2D eigenvalue weighted by Crippen LogP contribution is 1.75. The van der Waals surface area contributed by atoms with Crippen molar-refractivity contribution in [3.63, 3.8) is 0 Å². The summed E-state index contributed by atoms with van der Waals surface area (Å²) in [6.45, 7) is 5.46. The van der Waals surface area contributed by atoms with E-state index in [0.717, 1.165) is 0 Å². The molecule has 0 aromatic rings. The molecule has 0 saturated carbocycles. The van der Waals surface area contributed by atoms with Gasteiger partial charge in [0.15, 0.2) is 0 Å². The molecule has 0 N–H and O–H groups in total. The summed E-state index contributed by atoms with van der Waals surface area (Å²) in [5.41, 5.74) is 0. The minimum absolute atomic E-state index is 1.71. The second-order valence-electron chi connectivity index (χ2n) is 2.02. The first-order chi connectivity index (χ1) is 6.41. The molecule has 0 heterocycles. The molecule has 0 rings (SSSR count). The Morgan fingerprint density at radius 1 is 0.923 bits per heavy atom. The lowest BCUT2D eigenvalue weighted by Crippen LogP contribution is -1.52. The molecule has 0 aliphatic heterocycles. The zero-order valence-corrected chi connectivity index (χ0v) is 7.75. The molecule has 0 amide bonds. The molecule has 0 fully saturated rings. The average Bonchev–Trinajstić information content (AvgIpc) is 2.16. The molecule has 0 bridgehead atoms. The van der Waals surface area contributed by atoms with Gasteiger partial charge in [-0.2, -0.15) is 0 Å². The summed E-state index contributed by atoms with van der Waals surface area (Å²) >= 11 is 0. The Morgan fingerprint density at radius 3 is 2.23 bits per heavy atom. The molecule has 0 aromatic carbocycles. The number of rotatable bonds is 2. The van der Waals surface area contributed by atoms with Gasteiger partial charge in [0.2, 0.25) is 0 Å². The third-order valence-electron chi connectivity index (χ3n) is 0.995. The summed E-state index contributed by atoms with van der Waals surface area (Å²) in [7, 11) is 0. The summed E-state index contributed by atoms with van der Waals surface area (Å²) in [5, 5.41) is 0. The van der Waals surface area contributed by atoms with Crippen LogP contribution in [-0.4, -0.2) is 0 Å². The Hall–Kier alpha value is -1.92. The maximum atomic E-state index is 3.54. The van der Waals surface area contributed by atoms with E-state index in [4.69, 9.17) is 0 Å². The van der Waals surface area contributed by atoms with Crippen molar-refractivity contribution in [3.05, 3.63) is 49.1 Å². The van der Waals surface area contributed by atoms with Crippen molar-refractivity contribution in [2.45, 2.75) is 6.92 Å². The van der Waals surface area contributed by atoms with Crippen LogP contribution in [0.3, 0.4) is 0 Å². The standard InChI is InChI=1S/C13H12/c1-3-5-7-9-11-13-12-10-8-6-4-2/h3-7,9,11H,1H2,2H3/b6-4+,7-5+,11-9-. The van der Waals surface area contributed by atoms with Crippen LogP contribution >= 0.6 is 0 Å². The third kappa shape index (κ3) is 10.1. The lowest BCUT2D eigenvalue weighted by molar-refractivity contribution is 1.76. The van der Waals surface area contributed by atoms with E-state index in [1.807, 2.05) is 31.2 Å². The predicted octanol–water partition coefficient (Wildman–Crippen LogP) is 2.87. The molecule has 0 unspecified atom stereocenters. The maximum Gasteiger partial charge on any atom is -0.0102 e. The molecule has 0 radical (unpaired) electrons. The fraction of sp³-hybridized carbons (Fsp3) is 0.0769. The van der Waals surface area contributed by atoms with Gasteiger partial charge in [0.05, 0.1) is 0 Å². The van der Waals surface area contributed by atoms with Crippen LogP contribution in [-0.2, 0) is 0 Å². The molecular formula is C13H12. The lowest BCUT2D eigenvalue weighted by atomic mass is 10.4. The lowest BCUT2D eigenvalue weighted by Gasteiger charge is -1.67. The third-order valence-corrected chi connectivity index (χ3v) is 0.995. The van der Waals surface area contributed by atoms with E-state index in [0.29, 0.717) is 0 Å². The molecule has 0 aliphatic carbocycles. The Kier molecular flexibility index (Phi) is 8.59. The summed E-state index contributed by atoms with van der Waals surface area (Å²) in [6.07, 6.45) is 12.6. The van der Waals surface area contributed by atoms with E-state index in [1.165, 1.54) is 0 Å². The SMILES string of the molecule is C=C/C=C/C=C\C#CC#C/C=C/C. The number of allylic oxidation sites excluding steroid dienone is 7. The Balaban J connectivity index is 3.88. The maximum absolute atomic E-state index is 3.54. The van der Waals surface area contributed by atoms with Crippen LogP contribution in [0.5, 0.6) is 0 Å². The van der Waals surface area contributed by atoms with Gasteiger partial charge in [-0.3, -0.25) is 0 Å². The first-order valence-electron chi connectivity index (χ1n) is 3.98. The van der Waals surface area contributed by atoms with E-state index in [9.17, 15) is 0 Å². The molecule has 0 spiro atoms. The van der Waals surface area contributed by atoms with Gasteiger partial charge in [0.1, 0.15) is 0 Å². The summed E-state index contributed by atoms with van der Waals surface area (Å²) < 4.78 is 0. The quantitative estimate of drug-likeness (QED) is 0.439. The van der Waals surface area contributed by atoms with Crippen LogP contribution in [0, 0.1) is 23.7 Å². The normalized spacial score (nSPS) is 9.62. The van der Waals surface area contributed by atoms with Crippen LogP contribution in [0.25, 0.3) is 0 Å². The monoisotopic (exact) mass is 168 g/mol. The highest BCUT2D eigenvalue weighted by atomic mass is 13.6. The number of hydrogen-bond acceptors (Lipinski definition) is 0. The molecule has 64 valence electrons. The highest BCUT2D eigenvalue weighted by molar-refractivity contribution is 5.34. The fourth-order valence-electron chi connectivity index (χ4n) is 0.485. The minimum Gasteiger partial charge on any atom is -0.0991 e. The summed E-state index contributed by atoms with van der Waals surface area (Å²) in [4.78, 5) is 0. The molecule has 0 aromatic heterocycles. The van der Waals surface area contributed by atoms with E-state index in [1.54, 1.807) is 18.2 Å². The zero-order valence-electron chi connectivity index (χ0n) is 7.75. The molecule has 0 saturated heterocycles. The second kappa shape index (κ2) is 10.1. The van der Waals surface area contributed by atoms with Crippen molar-refractivity contribution in [3.8, 4) is 23.7 Å². The second-order valence-corrected chi connectivity index (χ2v) is 2.02. The van der Waals surface area contributed by atoms with Crippen LogP contribution in [0.15, 0.2) is 49.1 Å². The molecule has 0 aliphatic rings. The number of hydrogen-bond donors (Lipinski definition) is 0. The Labute approximate surface area is 80.4 Å². The summed E-state index contributed by atoms with van der Waals surface area (Å²) in [6, 6.07) is 0. The van der Waals surface area contributed by atoms with Crippen molar-refractivity contribution < 1.29 is 0 Å². The van der Waals surface area contributed by atoms with Crippen molar-refractivity contribution in [1.82, 2.24) is 0 Å². The van der Waals surface area contributed by atoms with E-state index < -0.39 is 0 Å². The average molecular weight is 168 g/mol. The van der Waals surface area contributed by atoms with Gasteiger partial charge in [-0.25, -0.2) is 0 Å². The fourth-order valence-corrected chi connectivity index (χ4v) is 0.485. The Morgan fingerprint density at radius 2 is 1.62 bits per heavy atom. The van der Waals surface area contributed by atoms with Crippen molar-refractivity contribution in [2.75, 3.05) is 0 Å². The molecule has 0 atom stereocenters. The van der Waals surface area contributed by atoms with Gasteiger partial charge in [0.25, 0.3) is 0 Å². The van der Waals surface area contributed by atoms with Crippen molar-refractivity contribution in [2.24, 2.45) is 0 Å². The first-order valence-corrected chi connectivity index (χ1v) is 3.98. The van der Waals surface area contributed by atoms with Gasteiger partial charge in [-0.05, 0) is 30.9 Å². The van der Waals surface area contributed by atoms with Gasteiger partial charge in [-0.1, -0.05) is 48.8 Å². The largest absolute Gasteiger partial charge is 0.0991 e. The molecular weight excluding hydrogens is 156 g/mol. The van der Waals surface area contributed by atoms with Gasteiger partial charge >= 0.3 is 0 Å². The summed E-state index contributed by atoms with van der Waals surface area (Å²) in [5.74, 6) is 10.9. The van der Waals surface area contributed by atoms with Crippen LogP contribution < -0.4 is 0 Å². The minimum atomic E-state index is 1.71. The van der Waals surface area contributed by atoms with Crippen molar-refractivity contribution >= 4 is 0 Å². The van der Waals surface area contributed by atoms with Gasteiger partial charge in [0, 0.05) is 0 Å². The Bertz CT molecular complexity index is 330. The van der Waals surface area contributed by atoms with Crippen LogP contribution in [0.4, 0.5) is 0 Å². The van der Waals surface area contributed by atoms with Gasteiger partial charge in [-0.15, -0.1) is 0 Å². The highest BCUT2D eigenvalue weighted by Gasteiger charge is 1.58. The van der Waals surface area contributed by atoms with E-state index >= 15 is 0 Å². The van der Waals surface area contributed by atoms with E-state index in [-0.39, 0.29) is 0 Å². The van der Waals surface area contributed by atoms with Crippen molar-refractivity contribution in [1.29, 1.82) is 0 Å². The predicted molar refractivity (Wildman–Crippen MR) is 58.8 cm³/mol. The van der Waals surface area contributed by atoms with E-state index in [2.05, 4.69) is 30.3 Å². The first kappa shape index (κ1) is 11.1. The van der Waals surface area contributed by atoms with Gasteiger partial charge < -0.3 is 0 Å². The smallest absolute Gasteiger partial charge is 0.0102 e.